The van der Waals surface area contributed by atoms with E-state index in [1.165, 1.54) is 14.2 Å². The Hall–Kier alpha value is -1.08. The smallest absolute Gasteiger partial charge is 0.335 e. The number of nitrogens with zero attached hydrogens (tertiary/aromatic N) is 1. The zero-order valence-corrected chi connectivity index (χ0v) is 7.53. The molecule has 0 amide bonds. The third kappa shape index (κ3) is 2.89. The Labute approximate surface area is 72.1 Å². The van der Waals surface area contributed by atoms with Crippen LogP contribution in [0.15, 0.2) is 0 Å². The van der Waals surface area contributed by atoms with Crippen molar-refractivity contribution in [3.05, 3.63) is 0 Å². The molecule has 0 spiro atoms. The lowest BCUT2D eigenvalue weighted by Crippen LogP contribution is -2.30. The summed E-state index contributed by atoms with van der Waals surface area (Å²) in [6.45, 7) is 1.77. The number of hydrogen-bond acceptors (Lipinski definition) is 4. The SMILES string of the molecule is COC(=O)[C@H](OC)[C@@H](C)CC#N. The summed E-state index contributed by atoms with van der Waals surface area (Å²) in [6, 6.07) is 1.97. The monoisotopic (exact) mass is 171 g/mol. The number of hydrogen-bond donors (Lipinski definition) is 0. The van der Waals surface area contributed by atoms with Crippen molar-refractivity contribution in [2.75, 3.05) is 14.2 Å². The second-order valence-corrected chi connectivity index (χ2v) is 2.52. The van der Waals surface area contributed by atoms with Crippen LogP contribution in [0.2, 0.25) is 0 Å². The van der Waals surface area contributed by atoms with E-state index in [0.29, 0.717) is 0 Å². The predicted octanol–water partition coefficient (Wildman–Crippen LogP) is 0.724. The fourth-order valence-electron chi connectivity index (χ4n) is 0.928. The van der Waals surface area contributed by atoms with Crippen LogP contribution in [-0.2, 0) is 14.3 Å². The number of carbonyl (C=O) groups excluding carboxylic acids is 1. The average Bonchev–Trinajstić information content (AvgIpc) is 2.06. The Morgan fingerprint density at radius 3 is 2.50 bits per heavy atom. The number of ether oxygens (including phenoxy) is 2. The van der Waals surface area contributed by atoms with Gasteiger partial charge in [-0.3, -0.25) is 0 Å². The maximum absolute atomic E-state index is 11.0. The van der Waals surface area contributed by atoms with Crippen LogP contribution in [0.1, 0.15) is 13.3 Å². The van der Waals surface area contributed by atoms with Gasteiger partial charge in [0.15, 0.2) is 6.10 Å². The Morgan fingerprint density at radius 2 is 2.17 bits per heavy atom. The highest BCUT2D eigenvalue weighted by atomic mass is 16.6. The van der Waals surface area contributed by atoms with Crippen molar-refractivity contribution in [3.8, 4) is 6.07 Å². The molecule has 0 aliphatic rings. The van der Waals surface area contributed by atoms with Crippen molar-refractivity contribution in [2.24, 2.45) is 5.92 Å². The summed E-state index contributed by atoms with van der Waals surface area (Å²) in [5.74, 6) is -0.562. The lowest BCUT2D eigenvalue weighted by atomic mass is 10.0. The van der Waals surface area contributed by atoms with Crippen molar-refractivity contribution in [2.45, 2.75) is 19.4 Å². The van der Waals surface area contributed by atoms with Gasteiger partial charge in [0.05, 0.1) is 13.2 Å². The van der Waals surface area contributed by atoms with Gasteiger partial charge in [0.25, 0.3) is 0 Å². The number of nitriles is 1. The Kier molecular flexibility index (Phi) is 5.06. The maximum Gasteiger partial charge on any atom is 0.335 e. The maximum atomic E-state index is 11.0. The number of carbonyl (C=O) groups is 1. The van der Waals surface area contributed by atoms with Crippen molar-refractivity contribution >= 4 is 5.97 Å². The summed E-state index contributed by atoms with van der Waals surface area (Å²) in [5.41, 5.74) is 0. The molecule has 0 unspecified atom stereocenters. The predicted molar refractivity (Wildman–Crippen MR) is 42.2 cm³/mol. The molecule has 4 heteroatoms. The summed E-state index contributed by atoms with van der Waals surface area (Å²) >= 11 is 0. The normalized spacial score (nSPS) is 14.5. The first kappa shape index (κ1) is 10.9. The first-order chi connectivity index (χ1) is 5.67. The summed E-state index contributed by atoms with van der Waals surface area (Å²) in [5, 5.41) is 8.38. The summed E-state index contributed by atoms with van der Waals surface area (Å²) < 4.78 is 9.39. The fourth-order valence-corrected chi connectivity index (χ4v) is 0.928. The van der Waals surface area contributed by atoms with E-state index in [1.54, 1.807) is 6.92 Å². The van der Waals surface area contributed by atoms with Crippen molar-refractivity contribution < 1.29 is 14.3 Å². The fraction of sp³-hybridized carbons (Fsp3) is 0.750. The largest absolute Gasteiger partial charge is 0.467 e. The highest BCUT2D eigenvalue weighted by molar-refractivity contribution is 5.74. The summed E-state index contributed by atoms with van der Waals surface area (Å²) in [4.78, 5) is 11.0. The molecule has 0 saturated carbocycles. The van der Waals surface area contributed by atoms with Crippen LogP contribution in [0.5, 0.6) is 0 Å². The van der Waals surface area contributed by atoms with Gasteiger partial charge >= 0.3 is 5.97 Å². The number of esters is 1. The van der Waals surface area contributed by atoms with Gasteiger partial charge in [-0.15, -0.1) is 0 Å². The first-order valence-corrected chi connectivity index (χ1v) is 3.65. The zero-order chi connectivity index (χ0) is 9.56. The number of methoxy groups -OCH3 is 2. The van der Waals surface area contributed by atoms with Crippen LogP contribution in [0, 0.1) is 17.2 Å². The van der Waals surface area contributed by atoms with Crippen LogP contribution < -0.4 is 0 Å². The summed E-state index contributed by atoms with van der Waals surface area (Å²) in [6.07, 6.45) is -0.345. The van der Waals surface area contributed by atoms with Gasteiger partial charge in [0.1, 0.15) is 0 Å². The van der Waals surface area contributed by atoms with E-state index in [2.05, 4.69) is 4.74 Å². The zero-order valence-electron chi connectivity index (χ0n) is 7.53. The molecule has 12 heavy (non-hydrogen) atoms. The van der Waals surface area contributed by atoms with Gasteiger partial charge < -0.3 is 9.47 Å². The van der Waals surface area contributed by atoms with Gasteiger partial charge in [-0.1, -0.05) is 6.92 Å². The van der Waals surface area contributed by atoms with E-state index in [-0.39, 0.29) is 12.3 Å². The molecule has 0 aliphatic carbocycles. The average molecular weight is 171 g/mol. The molecule has 0 aromatic rings. The molecule has 0 heterocycles. The third-order valence-corrected chi connectivity index (χ3v) is 1.62. The van der Waals surface area contributed by atoms with E-state index in [0.717, 1.165) is 0 Å². The van der Waals surface area contributed by atoms with E-state index in [9.17, 15) is 4.79 Å². The van der Waals surface area contributed by atoms with E-state index >= 15 is 0 Å². The minimum absolute atomic E-state index is 0.132. The first-order valence-electron chi connectivity index (χ1n) is 3.65. The minimum atomic E-state index is -0.630. The third-order valence-electron chi connectivity index (χ3n) is 1.62. The van der Waals surface area contributed by atoms with E-state index < -0.39 is 12.1 Å². The van der Waals surface area contributed by atoms with Gasteiger partial charge in [-0.05, 0) is 0 Å². The Balaban J connectivity index is 4.15. The van der Waals surface area contributed by atoms with E-state index in [4.69, 9.17) is 10.00 Å². The molecule has 0 radical (unpaired) electrons. The second-order valence-electron chi connectivity index (χ2n) is 2.52. The van der Waals surface area contributed by atoms with Crippen LogP contribution in [-0.4, -0.2) is 26.3 Å². The van der Waals surface area contributed by atoms with E-state index in [1.807, 2.05) is 6.07 Å². The van der Waals surface area contributed by atoms with Crippen LogP contribution in [0.4, 0.5) is 0 Å². The van der Waals surface area contributed by atoms with Crippen LogP contribution >= 0.6 is 0 Å². The Morgan fingerprint density at radius 1 is 1.58 bits per heavy atom. The van der Waals surface area contributed by atoms with Crippen molar-refractivity contribution in [3.63, 3.8) is 0 Å². The quantitative estimate of drug-likeness (QED) is 0.585. The molecule has 0 bridgehead atoms. The highest BCUT2D eigenvalue weighted by Crippen LogP contribution is 2.11. The molecule has 0 rings (SSSR count). The minimum Gasteiger partial charge on any atom is -0.467 e. The molecule has 0 aromatic carbocycles. The van der Waals surface area contributed by atoms with Gasteiger partial charge in [0, 0.05) is 19.4 Å². The van der Waals surface area contributed by atoms with Gasteiger partial charge in [-0.25, -0.2) is 4.79 Å². The molecular formula is C8H13NO3. The van der Waals surface area contributed by atoms with Crippen molar-refractivity contribution in [1.82, 2.24) is 0 Å². The topological polar surface area (TPSA) is 59.3 Å². The van der Waals surface area contributed by atoms with Gasteiger partial charge in [0.2, 0.25) is 0 Å². The van der Waals surface area contributed by atoms with Crippen molar-refractivity contribution in [1.29, 1.82) is 5.26 Å². The molecule has 0 aliphatic heterocycles. The standard InChI is InChI=1S/C8H13NO3/c1-6(4-5-9)7(11-2)8(10)12-3/h6-7H,4H2,1-3H3/t6-,7+/m0/s1. The van der Waals surface area contributed by atoms with Gasteiger partial charge in [-0.2, -0.15) is 5.26 Å². The number of rotatable bonds is 4. The lowest BCUT2D eigenvalue weighted by molar-refractivity contribution is -0.155. The highest BCUT2D eigenvalue weighted by Gasteiger charge is 2.25. The molecule has 0 aromatic heterocycles. The van der Waals surface area contributed by atoms with Crippen LogP contribution in [0.3, 0.4) is 0 Å². The molecule has 68 valence electrons. The van der Waals surface area contributed by atoms with Crippen LogP contribution in [0.25, 0.3) is 0 Å². The molecule has 0 saturated heterocycles. The molecule has 0 N–H and O–H groups in total. The second kappa shape index (κ2) is 5.56. The Bertz CT molecular complexity index is 185. The lowest BCUT2D eigenvalue weighted by Gasteiger charge is -2.17. The molecule has 0 fully saturated rings. The molecule has 2 atom stereocenters. The summed E-state index contributed by atoms with van der Waals surface area (Å²) in [7, 11) is 2.73. The molecular weight excluding hydrogens is 158 g/mol. The molecule has 4 nitrogen and oxygen atoms in total.